The second kappa shape index (κ2) is 5.63. The van der Waals surface area contributed by atoms with E-state index in [2.05, 4.69) is 20.5 Å². The van der Waals surface area contributed by atoms with Gasteiger partial charge in [-0.2, -0.15) is 4.98 Å². The summed E-state index contributed by atoms with van der Waals surface area (Å²) in [5.41, 5.74) is 0.0874. The molecule has 0 aliphatic rings. The molecule has 0 saturated carbocycles. The molecule has 0 spiro atoms. The predicted molar refractivity (Wildman–Crippen MR) is 73.1 cm³/mol. The van der Waals surface area contributed by atoms with E-state index in [0.717, 1.165) is 12.8 Å². The first-order valence-electron chi connectivity index (χ1n) is 6.81. The van der Waals surface area contributed by atoms with Crippen LogP contribution in [-0.4, -0.2) is 36.2 Å². The molecule has 0 aliphatic carbocycles. The maximum atomic E-state index is 11.3. The topological polar surface area (TPSA) is 107 Å². The van der Waals surface area contributed by atoms with Gasteiger partial charge in [-0.25, -0.2) is 9.48 Å². The Morgan fingerprint density at radius 3 is 2.67 bits per heavy atom. The van der Waals surface area contributed by atoms with Gasteiger partial charge in [-0.3, -0.25) is 0 Å². The summed E-state index contributed by atoms with van der Waals surface area (Å²) in [5.74, 6) is -0.0554. The molecule has 0 unspecified atom stereocenters. The highest BCUT2D eigenvalue weighted by atomic mass is 16.5. The van der Waals surface area contributed by atoms with Gasteiger partial charge >= 0.3 is 5.97 Å². The maximum absolute atomic E-state index is 11.3. The average Bonchev–Trinajstić information content (AvgIpc) is 2.96. The van der Waals surface area contributed by atoms with Crippen LogP contribution in [0.25, 0.3) is 0 Å². The number of rotatable bonds is 5. The minimum absolute atomic E-state index is 0.0419. The van der Waals surface area contributed by atoms with Crippen LogP contribution in [0.3, 0.4) is 0 Å². The predicted octanol–water partition coefficient (Wildman–Crippen LogP) is 1.66. The van der Waals surface area contributed by atoms with E-state index in [-0.39, 0.29) is 12.2 Å². The highest BCUT2D eigenvalue weighted by Crippen LogP contribution is 2.25. The zero-order chi connectivity index (χ0) is 15.6. The molecule has 0 aliphatic heterocycles. The molecular formula is C13H19N5O3. The summed E-state index contributed by atoms with van der Waals surface area (Å²) in [6.45, 7) is 7.99. The van der Waals surface area contributed by atoms with Gasteiger partial charge in [0.15, 0.2) is 11.5 Å². The van der Waals surface area contributed by atoms with Gasteiger partial charge < -0.3 is 9.63 Å². The Bertz CT molecular complexity index is 639. The number of hydrogen-bond acceptors (Lipinski definition) is 6. The van der Waals surface area contributed by atoms with Crippen LogP contribution in [0, 0.1) is 0 Å². The zero-order valence-electron chi connectivity index (χ0n) is 12.6. The molecule has 8 heteroatoms. The van der Waals surface area contributed by atoms with Crippen molar-refractivity contribution in [3.05, 3.63) is 23.1 Å². The highest BCUT2D eigenvalue weighted by molar-refractivity contribution is 5.86. The summed E-state index contributed by atoms with van der Waals surface area (Å²) in [5, 5.41) is 20.8. The van der Waals surface area contributed by atoms with E-state index >= 15 is 0 Å². The molecule has 21 heavy (non-hydrogen) atoms. The fourth-order valence-corrected chi connectivity index (χ4v) is 2.11. The first-order valence-corrected chi connectivity index (χ1v) is 6.81. The van der Waals surface area contributed by atoms with Crippen molar-refractivity contribution in [2.75, 3.05) is 0 Å². The van der Waals surface area contributed by atoms with Crippen molar-refractivity contribution >= 4 is 5.97 Å². The van der Waals surface area contributed by atoms with Crippen LogP contribution in [0.4, 0.5) is 0 Å². The van der Waals surface area contributed by atoms with Crippen molar-refractivity contribution < 1.29 is 14.4 Å². The minimum atomic E-state index is -1.09. The monoisotopic (exact) mass is 293 g/mol. The lowest BCUT2D eigenvalue weighted by Crippen LogP contribution is -2.22. The van der Waals surface area contributed by atoms with Crippen molar-refractivity contribution in [1.82, 2.24) is 25.1 Å². The number of nitrogens with zero attached hydrogens (tertiary/aromatic N) is 5. The molecule has 114 valence electrons. The molecule has 2 rings (SSSR count). The molecule has 0 radical (unpaired) electrons. The third kappa shape index (κ3) is 3.26. The Hall–Kier alpha value is -2.25. The van der Waals surface area contributed by atoms with Gasteiger partial charge in [-0.05, 0) is 6.42 Å². The van der Waals surface area contributed by atoms with Crippen LogP contribution in [0.5, 0.6) is 0 Å². The molecule has 0 atom stereocenters. The number of aromatic carboxylic acids is 1. The van der Waals surface area contributed by atoms with Crippen LogP contribution in [0.15, 0.2) is 4.52 Å². The number of carboxylic acid groups (broad SMARTS) is 1. The molecule has 2 heterocycles. The Balaban J connectivity index is 2.33. The third-order valence-corrected chi connectivity index (χ3v) is 2.91. The molecule has 1 N–H and O–H groups in total. The van der Waals surface area contributed by atoms with E-state index in [4.69, 9.17) is 4.52 Å². The van der Waals surface area contributed by atoms with Gasteiger partial charge in [-0.15, -0.1) is 5.10 Å². The second-order valence-corrected chi connectivity index (χ2v) is 5.85. The lowest BCUT2D eigenvalue weighted by atomic mass is 9.90. The number of aryl methyl sites for hydroxylation is 1. The SMILES string of the molecule is CCCc1nc(Cn2nnc(C(=O)O)c2C(C)(C)C)no1. The standard InChI is InChI=1S/C13H19N5O3/c1-5-6-9-14-8(16-21-9)7-18-11(13(2,3)4)10(12(19)20)15-17-18/h5-7H2,1-4H3,(H,19,20). The normalized spacial score (nSPS) is 11.8. The molecular weight excluding hydrogens is 274 g/mol. The summed E-state index contributed by atoms with van der Waals surface area (Å²) >= 11 is 0. The summed E-state index contributed by atoms with van der Waals surface area (Å²) in [6.07, 6.45) is 1.64. The fourth-order valence-electron chi connectivity index (χ4n) is 2.11. The molecule has 8 nitrogen and oxygen atoms in total. The molecule has 2 aromatic rings. The van der Waals surface area contributed by atoms with E-state index in [1.54, 1.807) is 0 Å². The minimum Gasteiger partial charge on any atom is -0.476 e. The van der Waals surface area contributed by atoms with Crippen LogP contribution < -0.4 is 0 Å². The number of carbonyl (C=O) groups is 1. The molecule has 0 aromatic carbocycles. The van der Waals surface area contributed by atoms with Gasteiger partial charge in [0.1, 0.15) is 6.54 Å². The Labute approximate surface area is 122 Å². The maximum Gasteiger partial charge on any atom is 0.358 e. The highest BCUT2D eigenvalue weighted by Gasteiger charge is 2.29. The summed E-state index contributed by atoms with van der Waals surface area (Å²) in [7, 11) is 0. The Morgan fingerprint density at radius 2 is 2.10 bits per heavy atom. The van der Waals surface area contributed by atoms with Gasteiger partial charge in [0.05, 0.1) is 5.69 Å². The Kier molecular flexibility index (Phi) is 4.06. The third-order valence-electron chi connectivity index (χ3n) is 2.91. The summed E-state index contributed by atoms with van der Waals surface area (Å²) < 4.78 is 6.64. The van der Waals surface area contributed by atoms with Crippen LogP contribution in [0.1, 0.15) is 62.0 Å². The van der Waals surface area contributed by atoms with E-state index in [1.807, 2.05) is 27.7 Å². The summed E-state index contributed by atoms with van der Waals surface area (Å²) in [6, 6.07) is 0. The second-order valence-electron chi connectivity index (χ2n) is 5.85. The molecule has 0 bridgehead atoms. The molecule has 0 saturated heterocycles. The van der Waals surface area contributed by atoms with Crippen molar-refractivity contribution in [1.29, 1.82) is 0 Å². The first kappa shape index (κ1) is 15.1. The summed E-state index contributed by atoms with van der Waals surface area (Å²) in [4.78, 5) is 15.5. The van der Waals surface area contributed by atoms with Crippen LogP contribution in [0.2, 0.25) is 0 Å². The van der Waals surface area contributed by atoms with Crippen LogP contribution in [-0.2, 0) is 18.4 Å². The van der Waals surface area contributed by atoms with E-state index < -0.39 is 11.4 Å². The van der Waals surface area contributed by atoms with E-state index in [0.29, 0.717) is 17.4 Å². The zero-order valence-corrected chi connectivity index (χ0v) is 12.6. The number of carboxylic acids is 1. The quantitative estimate of drug-likeness (QED) is 0.893. The van der Waals surface area contributed by atoms with Gasteiger partial charge in [-0.1, -0.05) is 38.1 Å². The fraction of sp³-hybridized carbons (Fsp3) is 0.615. The van der Waals surface area contributed by atoms with Crippen molar-refractivity contribution in [2.24, 2.45) is 0 Å². The van der Waals surface area contributed by atoms with Crippen molar-refractivity contribution in [3.8, 4) is 0 Å². The largest absolute Gasteiger partial charge is 0.476 e. The van der Waals surface area contributed by atoms with Gasteiger partial charge in [0, 0.05) is 11.8 Å². The molecule has 2 aromatic heterocycles. The number of hydrogen-bond donors (Lipinski definition) is 1. The molecule has 0 fully saturated rings. The first-order chi connectivity index (χ1) is 9.82. The lowest BCUT2D eigenvalue weighted by molar-refractivity contribution is 0.0687. The van der Waals surface area contributed by atoms with E-state index in [9.17, 15) is 9.90 Å². The average molecular weight is 293 g/mol. The van der Waals surface area contributed by atoms with E-state index in [1.165, 1.54) is 4.68 Å². The smallest absolute Gasteiger partial charge is 0.358 e. The Morgan fingerprint density at radius 1 is 1.38 bits per heavy atom. The van der Waals surface area contributed by atoms with Crippen LogP contribution >= 0.6 is 0 Å². The number of aromatic nitrogens is 5. The van der Waals surface area contributed by atoms with Crippen molar-refractivity contribution in [2.45, 2.75) is 52.5 Å². The van der Waals surface area contributed by atoms with Gasteiger partial charge in [0.2, 0.25) is 5.89 Å². The lowest BCUT2D eigenvalue weighted by Gasteiger charge is -2.19. The van der Waals surface area contributed by atoms with Crippen molar-refractivity contribution in [3.63, 3.8) is 0 Å². The molecule has 0 amide bonds. The van der Waals surface area contributed by atoms with Gasteiger partial charge in [0.25, 0.3) is 0 Å².